The van der Waals surface area contributed by atoms with Gasteiger partial charge in [0.25, 0.3) is 5.91 Å². The van der Waals surface area contributed by atoms with Crippen LogP contribution in [0.5, 0.6) is 0 Å². The summed E-state index contributed by atoms with van der Waals surface area (Å²) in [5, 5.41) is 7.89. The van der Waals surface area contributed by atoms with Gasteiger partial charge < -0.3 is 10.2 Å². The molecular weight excluding hydrogens is 252 g/mol. The van der Waals surface area contributed by atoms with Gasteiger partial charge >= 0.3 is 0 Å². The first kappa shape index (κ1) is 13.6. The van der Waals surface area contributed by atoms with Gasteiger partial charge in [0, 0.05) is 25.7 Å². The molecule has 1 unspecified atom stereocenters. The molecule has 110 valence electrons. The van der Waals surface area contributed by atoms with Crippen LogP contribution in [0.2, 0.25) is 0 Å². The lowest BCUT2D eigenvalue weighted by Gasteiger charge is -2.25. The van der Waals surface area contributed by atoms with E-state index in [0.717, 1.165) is 43.7 Å². The van der Waals surface area contributed by atoms with Crippen molar-refractivity contribution in [1.29, 1.82) is 0 Å². The maximum Gasteiger partial charge on any atom is 0.272 e. The molecule has 1 saturated heterocycles. The first-order valence-electron chi connectivity index (χ1n) is 7.76. The molecule has 1 N–H and O–H groups in total. The van der Waals surface area contributed by atoms with Crippen molar-refractivity contribution in [2.45, 2.75) is 51.1 Å². The summed E-state index contributed by atoms with van der Waals surface area (Å²) in [5.74, 6) is 0.149. The van der Waals surface area contributed by atoms with Gasteiger partial charge in [-0.1, -0.05) is 6.92 Å². The van der Waals surface area contributed by atoms with E-state index in [1.807, 2.05) is 13.1 Å². The zero-order valence-corrected chi connectivity index (χ0v) is 12.4. The molecule has 1 aliphatic heterocycles. The minimum atomic E-state index is 0.149. The van der Waals surface area contributed by atoms with Crippen LogP contribution in [0.15, 0.2) is 6.07 Å². The fourth-order valence-corrected chi connectivity index (χ4v) is 2.98. The van der Waals surface area contributed by atoms with E-state index in [1.165, 1.54) is 12.8 Å². The van der Waals surface area contributed by atoms with Crippen LogP contribution >= 0.6 is 0 Å². The van der Waals surface area contributed by atoms with Crippen molar-refractivity contribution in [3.8, 4) is 0 Å². The molecule has 1 amide bonds. The zero-order valence-electron chi connectivity index (χ0n) is 12.4. The SMILES string of the molecule is CCc1cc(C(=O)N(CC2CCCN2)C2CC2)n(C)n1. The number of carbonyl (C=O) groups excluding carboxylic acids is 1. The van der Waals surface area contributed by atoms with Gasteiger partial charge in [0.2, 0.25) is 0 Å². The van der Waals surface area contributed by atoms with E-state index < -0.39 is 0 Å². The van der Waals surface area contributed by atoms with Crippen molar-refractivity contribution in [1.82, 2.24) is 20.0 Å². The number of carbonyl (C=O) groups is 1. The smallest absolute Gasteiger partial charge is 0.272 e. The molecule has 2 aliphatic rings. The summed E-state index contributed by atoms with van der Waals surface area (Å²) < 4.78 is 1.73. The van der Waals surface area contributed by atoms with Gasteiger partial charge in [-0.25, -0.2) is 0 Å². The Morgan fingerprint density at radius 3 is 2.85 bits per heavy atom. The summed E-state index contributed by atoms with van der Waals surface area (Å²) in [5.41, 5.74) is 1.72. The van der Waals surface area contributed by atoms with E-state index in [9.17, 15) is 4.79 Å². The Balaban J connectivity index is 1.75. The minimum absolute atomic E-state index is 0.149. The predicted octanol–water partition coefficient (Wildman–Crippen LogP) is 1.34. The fraction of sp³-hybridized carbons (Fsp3) is 0.733. The molecule has 5 heteroatoms. The van der Waals surface area contributed by atoms with Crippen molar-refractivity contribution >= 4 is 5.91 Å². The van der Waals surface area contributed by atoms with E-state index >= 15 is 0 Å². The Morgan fingerprint density at radius 2 is 2.30 bits per heavy atom. The molecule has 0 bridgehead atoms. The van der Waals surface area contributed by atoms with E-state index in [1.54, 1.807) is 4.68 Å². The Morgan fingerprint density at radius 1 is 1.50 bits per heavy atom. The lowest BCUT2D eigenvalue weighted by Crippen LogP contribution is -2.43. The highest BCUT2D eigenvalue weighted by Gasteiger charge is 2.36. The number of aromatic nitrogens is 2. The Kier molecular flexibility index (Phi) is 3.78. The number of amides is 1. The van der Waals surface area contributed by atoms with Crippen molar-refractivity contribution in [3.63, 3.8) is 0 Å². The third kappa shape index (κ3) is 2.73. The number of nitrogens with one attached hydrogen (secondary N) is 1. The lowest BCUT2D eigenvalue weighted by atomic mass is 10.2. The number of hydrogen-bond acceptors (Lipinski definition) is 3. The minimum Gasteiger partial charge on any atom is -0.333 e. The van der Waals surface area contributed by atoms with Gasteiger partial charge in [-0.15, -0.1) is 0 Å². The molecule has 0 radical (unpaired) electrons. The molecule has 2 heterocycles. The number of rotatable bonds is 5. The fourth-order valence-electron chi connectivity index (χ4n) is 2.98. The molecule has 3 rings (SSSR count). The second-order valence-electron chi connectivity index (χ2n) is 5.98. The number of hydrogen-bond donors (Lipinski definition) is 1. The van der Waals surface area contributed by atoms with Crippen LogP contribution in [-0.4, -0.2) is 45.8 Å². The van der Waals surface area contributed by atoms with Crippen LogP contribution in [0.4, 0.5) is 0 Å². The number of aryl methyl sites for hydroxylation is 2. The van der Waals surface area contributed by atoms with Crippen molar-refractivity contribution in [2.75, 3.05) is 13.1 Å². The maximum atomic E-state index is 12.8. The highest BCUT2D eigenvalue weighted by Crippen LogP contribution is 2.29. The van der Waals surface area contributed by atoms with Gasteiger partial charge in [-0.2, -0.15) is 5.10 Å². The predicted molar refractivity (Wildman–Crippen MR) is 77.7 cm³/mol. The van der Waals surface area contributed by atoms with Crippen molar-refractivity contribution < 1.29 is 4.79 Å². The zero-order chi connectivity index (χ0) is 14.1. The Hall–Kier alpha value is -1.36. The summed E-state index contributed by atoms with van der Waals surface area (Å²) >= 11 is 0. The first-order valence-corrected chi connectivity index (χ1v) is 7.76. The Bertz CT molecular complexity index is 486. The van der Waals surface area contributed by atoms with Crippen LogP contribution < -0.4 is 5.32 Å². The summed E-state index contributed by atoms with van der Waals surface area (Å²) in [7, 11) is 1.87. The third-order valence-electron chi connectivity index (χ3n) is 4.34. The van der Waals surface area contributed by atoms with E-state index in [2.05, 4.69) is 22.2 Å². The average molecular weight is 276 g/mol. The molecule has 1 aromatic heterocycles. The lowest BCUT2D eigenvalue weighted by molar-refractivity contribution is 0.0717. The maximum absolute atomic E-state index is 12.8. The van der Waals surface area contributed by atoms with Crippen LogP contribution in [0.25, 0.3) is 0 Å². The second kappa shape index (κ2) is 5.56. The molecule has 2 fully saturated rings. The molecule has 0 aromatic carbocycles. The molecule has 20 heavy (non-hydrogen) atoms. The molecule has 0 spiro atoms. The highest BCUT2D eigenvalue weighted by atomic mass is 16.2. The summed E-state index contributed by atoms with van der Waals surface area (Å²) in [6, 6.07) is 2.86. The Labute approximate surface area is 120 Å². The van der Waals surface area contributed by atoms with Gasteiger partial charge in [-0.3, -0.25) is 9.48 Å². The summed E-state index contributed by atoms with van der Waals surface area (Å²) in [4.78, 5) is 14.9. The molecular formula is C15H24N4O. The molecule has 1 aliphatic carbocycles. The van der Waals surface area contributed by atoms with Gasteiger partial charge in [0.05, 0.1) is 5.69 Å². The van der Waals surface area contributed by atoms with E-state index in [-0.39, 0.29) is 5.91 Å². The van der Waals surface area contributed by atoms with Crippen LogP contribution in [0.3, 0.4) is 0 Å². The summed E-state index contributed by atoms with van der Waals surface area (Å²) in [6.45, 7) is 4.00. The first-order chi connectivity index (χ1) is 9.69. The van der Waals surface area contributed by atoms with Gasteiger partial charge in [-0.05, 0) is 44.7 Å². The van der Waals surface area contributed by atoms with Crippen LogP contribution in [0.1, 0.15) is 48.8 Å². The molecule has 1 saturated carbocycles. The van der Waals surface area contributed by atoms with Crippen molar-refractivity contribution in [2.24, 2.45) is 7.05 Å². The quantitative estimate of drug-likeness (QED) is 0.883. The van der Waals surface area contributed by atoms with Crippen LogP contribution in [0, 0.1) is 0 Å². The standard InChI is InChI=1S/C15H24N4O/c1-3-11-9-14(18(2)17-11)15(20)19(13-6-7-13)10-12-5-4-8-16-12/h9,12-13,16H,3-8,10H2,1-2H3. The molecule has 1 atom stereocenters. The van der Waals surface area contributed by atoms with Gasteiger partial charge in [0.15, 0.2) is 0 Å². The third-order valence-corrected chi connectivity index (χ3v) is 4.34. The summed E-state index contributed by atoms with van der Waals surface area (Å²) in [6.07, 6.45) is 5.58. The largest absolute Gasteiger partial charge is 0.333 e. The van der Waals surface area contributed by atoms with Gasteiger partial charge in [0.1, 0.15) is 5.69 Å². The molecule has 1 aromatic rings. The van der Waals surface area contributed by atoms with Crippen molar-refractivity contribution in [3.05, 3.63) is 17.5 Å². The topological polar surface area (TPSA) is 50.2 Å². The second-order valence-corrected chi connectivity index (χ2v) is 5.98. The van der Waals surface area contributed by atoms with E-state index in [0.29, 0.717) is 12.1 Å². The monoisotopic (exact) mass is 276 g/mol. The number of nitrogens with zero attached hydrogens (tertiary/aromatic N) is 3. The van der Waals surface area contributed by atoms with E-state index in [4.69, 9.17) is 0 Å². The highest BCUT2D eigenvalue weighted by molar-refractivity contribution is 5.93. The average Bonchev–Trinajstić information content (AvgIpc) is 3.01. The molecule has 5 nitrogen and oxygen atoms in total. The normalized spacial score (nSPS) is 22.2. The van der Waals surface area contributed by atoms with Crippen LogP contribution in [-0.2, 0) is 13.5 Å².